The molecule has 0 rings (SSSR count). The molecule has 0 amide bonds. The minimum absolute atomic E-state index is 0.475. The van der Waals surface area contributed by atoms with Gasteiger partial charge in [0.05, 0.1) is 0 Å². The molecule has 0 spiro atoms. The van der Waals surface area contributed by atoms with Gasteiger partial charge in [-0.05, 0) is 0 Å². The number of carboxylic acids is 1. The summed E-state index contributed by atoms with van der Waals surface area (Å²) in [5, 5.41) is 9.43. The molecule has 0 aliphatic heterocycles. The van der Waals surface area contributed by atoms with E-state index < -0.39 is 20.6 Å². The van der Waals surface area contributed by atoms with Crippen LogP contribution in [0.5, 0.6) is 0 Å². The number of hydrogen-bond acceptors (Lipinski definition) is 1. The van der Waals surface area contributed by atoms with Crippen molar-refractivity contribution in [2.75, 3.05) is 0 Å². The van der Waals surface area contributed by atoms with Crippen molar-refractivity contribution in [1.29, 1.82) is 0 Å². The number of allylic oxidation sites excluding steroid dienone is 1. The summed E-state index contributed by atoms with van der Waals surface area (Å²) in [6, 6.07) is 0. The fourth-order valence-electron chi connectivity index (χ4n) is 0.407. The molecule has 0 unspecified atom stereocenters. The van der Waals surface area contributed by atoms with E-state index in [9.17, 15) is 4.79 Å². The molecule has 0 aromatic carbocycles. The first-order chi connectivity index (χ1) is 4.54. The molecule has 0 aromatic rings. The molecule has 0 aromatic heterocycles. The van der Waals surface area contributed by atoms with Crippen molar-refractivity contribution in [3.05, 3.63) is 11.6 Å². The second kappa shape index (κ2) is 4.56. The first-order valence-electron chi connectivity index (χ1n) is 3.09. The van der Waals surface area contributed by atoms with E-state index in [4.69, 9.17) is 5.11 Å². The first-order valence-corrected chi connectivity index (χ1v) is 8.17. The molecule has 58 valence electrons. The third-order valence-corrected chi connectivity index (χ3v) is 3.02. The average molecular weight is 204 g/mol. The monoisotopic (exact) mass is 204 g/mol. The minimum atomic E-state index is -0.796. The normalized spacial score (nSPS) is 12.2. The van der Waals surface area contributed by atoms with Gasteiger partial charge in [-0.2, -0.15) is 0 Å². The Morgan fingerprint density at radius 2 is 2.10 bits per heavy atom. The summed E-state index contributed by atoms with van der Waals surface area (Å²) in [4.78, 5) is 10.3. The maximum atomic E-state index is 10.3. The summed E-state index contributed by atoms with van der Waals surface area (Å²) in [5.41, 5.74) is 4.89. The van der Waals surface area contributed by atoms with Gasteiger partial charge in [0.1, 0.15) is 0 Å². The van der Waals surface area contributed by atoms with Gasteiger partial charge in [-0.25, -0.2) is 0 Å². The van der Waals surface area contributed by atoms with Crippen LogP contribution in [0.4, 0.5) is 0 Å². The molecule has 3 heteroatoms. The number of hydrogen-bond donors (Lipinski definition) is 1. The molecule has 0 saturated carbocycles. The van der Waals surface area contributed by atoms with Crippen LogP contribution >= 0.6 is 0 Å². The van der Waals surface area contributed by atoms with E-state index in [1.807, 2.05) is 6.08 Å². The second-order valence-corrected chi connectivity index (χ2v) is 7.75. The van der Waals surface area contributed by atoms with Crippen LogP contribution in [0.15, 0.2) is 11.6 Å². The van der Waals surface area contributed by atoms with Crippen LogP contribution in [-0.4, -0.2) is 25.7 Å². The number of rotatable bonds is 3. The second-order valence-electron chi connectivity index (χ2n) is 2.45. The summed E-state index contributed by atoms with van der Waals surface area (Å²) in [6.45, 7) is 1.64. The molecule has 10 heavy (non-hydrogen) atoms. The van der Waals surface area contributed by atoms with E-state index >= 15 is 0 Å². The van der Waals surface area contributed by atoms with Crippen LogP contribution in [0.3, 0.4) is 0 Å². The van der Waals surface area contributed by atoms with Crippen molar-refractivity contribution >= 4 is 20.6 Å². The standard InChI is InChI=1S/C7H13AsO2/c1-6(7(9)10)4-5-8(2)3/h4H,5H2,1-3H3,(H,9,10). The molecule has 1 N–H and O–H groups in total. The summed E-state index contributed by atoms with van der Waals surface area (Å²) in [6.07, 6.45) is 1.82. The van der Waals surface area contributed by atoms with Gasteiger partial charge in [-0.15, -0.1) is 0 Å². The van der Waals surface area contributed by atoms with Gasteiger partial charge in [-0.3, -0.25) is 0 Å². The Labute approximate surface area is 66.2 Å². The fourth-order valence-corrected chi connectivity index (χ4v) is 1.75. The van der Waals surface area contributed by atoms with Crippen molar-refractivity contribution in [2.24, 2.45) is 0 Å². The predicted molar refractivity (Wildman–Crippen MR) is 43.7 cm³/mol. The maximum absolute atomic E-state index is 10.3. The Hall–Kier alpha value is -0.232. The quantitative estimate of drug-likeness (QED) is 0.561. The molecular formula is C7H13AsO2. The topological polar surface area (TPSA) is 37.3 Å². The SMILES string of the molecule is CC(=CC[As](C)C)C(=O)O. The van der Waals surface area contributed by atoms with Crippen molar-refractivity contribution in [1.82, 2.24) is 0 Å². The molecule has 0 saturated heterocycles. The van der Waals surface area contributed by atoms with E-state index in [-0.39, 0.29) is 0 Å². The fraction of sp³-hybridized carbons (Fsp3) is 0.571. The molecule has 0 bridgehead atoms. The van der Waals surface area contributed by atoms with Crippen molar-refractivity contribution < 1.29 is 9.90 Å². The molecular weight excluding hydrogens is 191 g/mol. The van der Waals surface area contributed by atoms with Gasteiger partial charge in [0, 0.05) is 0 Å². The Bertz CT molecular complexity index is 150. The van der Waals surface area contributed by atoms with Gasteiger partial charge < -0.3 is 0 Å². The van der Waals surface area contributed by atoms with Crippen LogP contribution in [0, 0.1) is 0 Å². The van der Waals surface area contributed by atoms with E-state index in [1.54, 1.807) is 6.92 Å². The Kier molecular flexibility index (Phi) is 4.46. The Morgan fingerprint density at radius 1 is 1.60 bits per heavy atom. The first kappa shape index (κ1) is 9.77. The van der Waals surface area contributed by atoms with Gasteiger partial charge in [0.2, 0.25) is 0 Å². The summed E-state index contributed by atoms with van der Waals surface area (Å²) >= 11 is -0.665. The van der Waals surface area contributed by atoms with E-state index in [2.05, 4.69) is 11.4 Å². The summed E-state index contributed by atoms with van der Waals surface area (Å²) in [5.74, 6) is -0.796. The Balaban J connectivity index is 3.81. The molecule has 0 aliphatic rings. The van der Waals surface area contributed by atoms with Crippen LogP contribution in [-0.2, 0) is 4.79 Å². The van der Waals surface area contributed by atoms with Crippen LogP contribution in [0.25, 0.3) is 0 Å². The van der Waals surface area contributed by atoms with E-state index in [0.29, 0.717) is 5.57 Å². The molecule has 0 fully saturated rings. The molecule has 0 atom stereocenters. The van der Waals surface area contributed by atoms with Crippen molar-refractivity contribution in [2.45, 2.75) is 23.6 Å². The Morgan fingerprint density at radius 3 is 2.40 bits per heavy atom. The number of carboxylic acid groups (broad SMARTS) is 1. The van der Waals surface area contributed by atoms with E-state index in [1.165, 1.54) is 0 Å². The summed E-state index contributed by atoms with van der Waals surface area (Å²) < 4.78 is 0. The molecule has 0 heterocycles. The predicted octanol–water partition coefficient (Wildman–Crippen LogP) is 1.77. The zero-order valence-corrected chi connectivity index (χ0v) is 8.46. The van der Waals surface area contributed by atoms with Gasteiger partial charge in [0.25, 0.3) is 0 Å². The molecule has 2 nitrogen and oxygen atoms in total. The third-order valence-electron chi connectivity index (χ3n) is 1.10. The van der Waals surface area contributed by atoms with Gasteiger partial charge in [0.15, 0.2) is 0 Å². The van der Waals surface area contributed by atoms with Gasteiger partial charge in [-0.1, -0.05) is 0 Å². The number of carbonyl (C=O) groups is 1. The molecule has 0 radical (unpaired) electrons. The van der Waals surface area contributed by atoms with Crippen LogP contribution in [0.2, 0.25) is 16.6 Å². The van der Waals surface area contributed by atoms with Crippen LogP contribution in [0.1, 0.15) is 6.92 Å². The number of aliphatic carboxylic acids is 1. The third kappa shape index (κ3) is 4.63. The van der Waals surface area contributed by atoms with Crippen molar-refractivity contribution in [3.63, 3.8) is 0 Å². The molecule has 0 aliphatic carbocycles. The summed E-state index contributed by atoms with van der Waals surface area (Å²) in [7, 11) is 0. The van der Waals surface area contributed by atoms with Gasteiger partial charge >= 0.3 is 65.7 Å². The van der Waals surface area contributed by atoms with Crippen molar-refractivity contribution in [3.8, 4) is 0 Å². The average Bonchev–Trinajstić information content (AvgIpc) is 1.82. The van der Waals surface area contributed by atoms with Crippen LogP contribution < -0.4 is 0 Å². The zero-order valence-electron chi connectivity index (χ0n) is 6.59. The van der Waals surface area contributed by atoms with E-state index in [0.717, 1.165) is 5.21 Å². The zero-order chi connectivity index (χ0) is 8.15.